The van der Waals surface area contributed by atoms with Crippen LogP contribution < -0.4 is 0 Å². The molecule has 2 heterocycles. The lowest BCUT2D eigenvalue weighted by Gasteiger charge is -2.10. The summed E-state index contributed by atoms with van der Waals surface area (Å²) in [7, 11) is 0. The maximum absolute atomic E-state index is 6.03. The maximum Gasteiger partial charge on any atom is 0.131 e. The van der Waals surface area contributed by atoms with E-state index in [0.717, 1.165) is 28.2 Å². The highest BCUT2D eigenvalue weighted by Gasteiger charge is 2.13. The smallest absolute Gasteiger partial charge is 0.131 e. The van der Waals surface area contributed by atoms with E-state index in [2.05, 4.69) is 34.1 Å². The van der Waals surface area contributed by atoms with E-state index in [1.54, 1.807) is 10.9 Å². The molecular weight excluding hydrogens is 274 g/mol. The van der Waals surface area contributed by atoms with Crippen LogP contribution in [0.4, 0.5) is 0 Å². The van der Waals surface area contributed by atoms with Crippen LogP contribution in [0.15, 0.2) is 30.5 Å². The van der Waals surface area contributed by atoms with Crippen molar-refractivity contribution in [3.8, 4) is 5.69 Å². The highest BCUT2D eigenvalue weighted by Crippen LogP contribution is 2.20. The largest absolute Gasteiger partial charge is 0.239 e. The Kier molecular flexibility index (Phi) is 3.36. The molecule has 6 heteroatoms. The second kappa shape index (κ2) is 5.17. The van der Waals surface area contributed by atoms with Gasteiger partial charge < -0.3 is 0 Å². The van der Waals surface area contributed by atoms with Crippen LogP contribution in [0.1, 0.15) is 31.3 Å². The average Bonchev–Trinajstić information content (AvgIpc) is 2.90. The van der Waals surface area contributed by atoms with Crippen LogP contribution in [0, 0.1) is 0 Å². The molecule has 0 aliphatic carbocycles. The average molecular weight is 288 g/mol. The van der Waals surface area contributed by atoms with Crippen LogP contribution in [0.3, 0.4) is 0 Å². The monoisotopic (exact) mass is 287 g/mol. The topological polar surface area (TPSA) is 56.5 Å². The molecule has 0 saturated heterocycles. The maximum atomic E-state index is 6.03. The standard InChI is InChI=1S/C14H14ClN5/c1-9(2)14-16-8-13(11(7-15)17-14)20-12-6-4-3-5-10(12)18-19-20/h3-6,8-9H,7H2,1-2H3. The third-order valence-corrected chi connectivity index (χ3v) is 3.34. The summed E-state index contributed by atoms with van der Waals surface area (Å²) in [6.07, 6.45) is 1.77. The fraction of sp³-hybridized carbons (Fsp3) is 0.286. The predicted octanol–water partition coefficient (Wildman–Crippen LogP) is 3.07. The Hall–Kier alpha value is -2.01. The van der Waals surface area contributed by atoms with E-state index in [1.807, 2.05) is 24.3 Å². The Morgan fingerprint density at radius 3 is 2.80 bits per heavy atom. The number of aromatic nitrogens is 5. The van der Waals surface area contributed by atoms with Gasteiger partial charge in [0.1, 0.15) is 17.0 Å². The van der Waals surface area contributed by atoms with Gasteiger partial charge in [0.15, 0.2) is 0 Å². The number of para-hydroxylation sites is 1. The Bertz CT molecular complexity index is 750. The van der Waals surface area contributed by atoms with Crippen molar-refractivity contribution < 1.29 is 0 Å². The molecule has 102 valence electrons. The fourth-order valence-corrected chi connectivity index (χ4v) is 2.22. The van der Waals surface area contributed by atoms with E-state index in [0.29, 0.717) is 5.88 Å². The lowest BCUT2D eigenvalue weighted by Crippen LogP contribution is -2.07. The van der Waals surface area contributed by atoms with E-state index in [4.69, 9.17) is 11.6 Å². The van der Waals surface area contributed by atoms with E-state index in [-0.39, 0.29) is 5.92 Å². The Morgan fingerprint density at radius 2 is 2.05 bits per heavy atom. The number of rotatable bonds is 3. The number of benzene rings is 1. The molecule has 0 fully saturated rings. The summed E-state index contributed by atoms with van der Waals surface area (Å²) in [6, 6.07) is 7.76. The van der Waals surface area contributed by atoms with Crippen molar-refractivity contribution in [2.45, 2.75) is 25.6 Å². The summed E-state index contributed by atoms with van der Waals surface area (Å²) < 4.78 is 1.73. The summed E-state index contributed by atoms with van der Waals surface area (Å²) in [5, 5.41) is 8.32. The molecule has 3 aromatic rings. The number of alkyl halides is 1. The van der Waals surface area contributed by atoms with Gasteiger partial charge in [-0.25, -0.2) is 14.6 Å². The zero-order valence-electron chi connectivity index (χ0n) is 11.3. The summed E-state index contributed by atoms with van der Waals surface area (Å²) in [4.78, 5) is 8.91. The summed E-state index contributed by atoms with van der Waals surface area (Å²) in [5.74, 6) is 1.36. The first-order valence-corrected chi connectivity index (χ1v) is 6.96. The van der Waals surface area contributed by atoms with Crippen molar-refractivity contribution in [3.05, 3.63) is 42.0 Å². The Balaban J connectivity index is 2.19. The zero-order valence-corrected chi connectivity index (χ0v) is 12.0. The fourth-order valence-electron chi connectivity index (χ4n) is 2.03. The molecule has 5 nitrogen and oxygen atoms in total. The number of halogens is 1. The first-order chi connectivity index (χ1) is 9.70. The van der Waals surface area contributed by atoms with Gasteiger partial charge in [-0.1, -0.05) is 31.2 Å². The van der Waals surface area contributed by atoms with Crippen molar-refractivity contribution in [3.63, 3.8) is 0 Å². The first kappa shape index (κ1) is 13.0. The van der Waals surface area contributed by atoms with Crippen LogP contribution >= 0.6 is 11.6 Å². The molecule has 20 heavy (non-hydrogen) atoms. The van der Waals surface area contributed by atoms with Gasteiger partial charge in [0.2, 0.25) is 0 Å². The van der Waals surface area contributed by atoms with Crippen molar-refractivity contribution in [1.29, 1.82) is 0 Å². The minimum absolute atomic E-state index is 0.263. The molecule has 0 amide bonds. The highest BCUT2D eigenvalue weighted by atomic mass is 35.5. The molecule has 0 bridgehead atoms. The number of nitrogens with zero attached hydrogens (tertiary/aromatic N) is 5. The lowest BCUT2D eigenvalue weighted by atomic mass is 10.2. The number of hydrogen-bond donors (Lipinski definition) is 0. The van der Waals surface area contributed by atoms with E-state index in [1.165, 1.54) is 0 Å². The van der Waals surface area contributed by atoms with E-state index < -0.39 is 0 Å². The molecule has 1 aromatic carbocycles. The molecule has 0 radical (unpaired) electrons. The van der Waals surface area contributed by atoms with Gasteiger partial charge in [-0.2, -0.15) is 0 Å². The lowest BCUT2D eigenvalue weighted by molar-refractivity contribution is 0.743. The molecule has 0 saturated carbocycles. The molecule has 0 N–H and O–H groups in total. The molecule has 0 unspecified atom stereocenters. The molecule has 0 aliphatic rings. The molecule has 3 rings (SSSR count). The quantitative estimate of drug-likeness (QED) is 0.695. The summed E-state index contributed by atoms with van der Waals surface area (Å²) >= 11 is 6.03. The van der Waals surface area contributed by atoms with Crippen molar-refractivity contribution >= 4 is 22.6 Å². The first-order valence-electron chi connectivity index (χ1n) is 6.43. The van der Waals surface area contributed by atoms with Gasteiger partial charge in [0.05, 0.1) is 23.3 Å². The summed E-state index contributed by atoms with van der Waals surface area (Å²) in [6.45, 7) is 4.11. The molecule has 0 aliphatic heterocycles. The predicted molar refractivity (Wildman–Crippen MR) is 78.1 cm³/mol. The van der Waals surface area contributed by atoms with Gasteiger partial charge in [-0.3, -0.25) is 0 Å². The second-order valence-corrected chi connectivity index (χ2v) is 5.11. The van der Waals surface area contributed by atoms with Gasteiger partial charge in [0, 0.05) is 5.92 Å². The van der Waals surface area contributed by atoms with Crippen LogP contribution in [0.25, 0.3) is 16.7 Å². The van der Waals surface area contributed by atoms with E-state index >= 15 is 0 Å². The van der Waals surface area contributed by atoms with E-state index in [9.17, 15) is 0 Å². The van der Waals surface area contributed by atoms with Gasteiger partial charge in [0.25, 0.3) is 0 Å². The van der Waals surface area contributed by atoms with Crippen molar-refractivity contribution in [1.82, 2.24) is 25.0 Å². The Labute approximate surface area is 121 Å². The van der Waals surface area contributed by atoms with Crippen molar-refractivity contribution in [2.24, 2.45) is 0 Å². The van der Waals surface area contributed by atoms with Crippen LogP contribution in [0.5, 0.6) is 0 Å². The molecule has 0 spiro atoms. The van der Waals surface area contributed by atoms with Gasteiger partial charge in [-0.15, -0.1) is 16.7 Å². The molecular formula is C14H14ClN5. The minimum Gasteiger partial charge on any atom is -0.239 e. The second-order valence-electron chi connectivity index (χ2n) is 4.84. The van der Waals surface area contributed by atoms with Crippen molar-refractivity contribution in [2.75, 3.05) is 0 Å². The number of fused-ring (bicyclic) bond motifs is 1. The minimum atomic E-state index is 0.263. The Morgan fingerprint density at radius 1 is 1.25 bits per heavy atom. The van der Waals surface area contributed by atoms with Gasteiger partial charge >= 0.3 is 0 Å². The van der Waals surface area contributed by atoms with Crippen LogP contribution in [-0.4, -0.2) is 25.0 Å². The number of hydrogen-bond acceptors (Lipinski definition) is 4. The van der Waals surface area contributed by atoms with Gasteiger partial charge in [-0.05, 0) is 12.1 Å². The normalized spacial score (nSPS) is 11.4. The zero-order chi connectivity index (χ0) is 14.1. The SMILES string of the molecule is CC(C)c1ncc(-n2nnc3ccccc32)c(CCl)n1. The molecule has 2 aromatic heterocycles. The summed E-state index contributed by atoms with van der Waals surface area (Å²) in [5.41, 5.74) is 3.29. The molecule has 0 atom stereocenters. The third-order valence-electron chi connectivity index (χ3n) is 3.09. The van der Waals surface area contributed by atoms with Crippen LogP contribution in [-0.2, 0) is 5.88 Å². The third kappa shape index (κ3) is 2.14. The highest BCUT2D eigenvalue weighted by molar-refractivity contribution is 6.17. The van der Waals surface area contributed by atoms with Crippen LogP contribution in [0.2, 0.25) is 0 Å².